The van der Waals surface area contributed by atoms with E-state index in [0.717, 1.165) is 10.7 Å². The molecule has 132 valence electrons. The lowest BCUT2D eigenvalue weighted by Crippen LogP contribution is -2.50. The second kappa shape index (κ2) is 7.65. The first-order chi connectivity index (χ1) is 12.0. The number of piperazine rings is 1. The highest BCUT2D eigenvalue weighted by Crippen LogP contribution is 2.17. The zero-order chi connectivity index (χ0) is 17.8. The fourth-order valence-corrected chi connectivity index (χ4v) is 3.33. The molecule has 1 fully saturated rings. The van der Waals surface area contributed by atoms with E-state index in [9.17, 15) is 9.59 Å². The molecule has 0 aliphatic carbocycles. The summed E-state index contributed by atoms with van der Waals surface area (Å²) in [5, 5.41) is 3.00. The fourth-order valence-electron chi connectivity index (χ4n) is 2.73. The number of aromatic nitrogens is 1. The Hall–Kier alpha value is -2.41. The van der Waals surface area contributed by atoms with Gasteiger partial charge in [0.1, 0.15) is 12.4 Å². The predicted octanol–water partition coefficient (Wildman–Crippen LogP) is 2.33. The van der Waals surface area contributed by atoms with Crippen LogP contribution >= 0.6 is 11.3 Å². The molecule has 1 aromatic heterocycles. The first-order valence-corrected chi connectivity index (χ1v) is 9.09. The topological polar surface area (TPSA) is 62.7 Å². The van der Waals surface area contributed by atoms with Crippen LogP contribution in [0.4, 0.5) is 0 Å². The summed E-state index contributed by atoms with van der Waals surface area (Å²) < 4.78 is 5.70. The van der Waals surface area contributed by atoms with Crippen molar-refractivity contribution >= 4 is 23.2 Å². The summed E-state index contributed by atoms with van der Waals surface area (Å²) in [6.07, 6.45) is 0. The van der Waals surface area contributed by atoms with Gasteiger partial charge in [-0.3, -0.25) is 9.59 Å². The summed E-state index contributed by atoms with van der Waals surface area (Å²) in [5.74, 6) is 0.761. The van der Waals surface area contributed by atoms with E-state index in [1.165, 1.54) is 0 Å². The first-order valence-electron chi connectivity index (χ1n) is 8.21. The summed E-state index contributed by atoms with van der Waals surface area (Å²) in [7, 11) is 0. The van der Waals surface area contributed by atoms with Gasteiger partial charge < -0.3 is 14.5 Å². The fraction of sp³-hybridized carbons (Fsp3) is 0.389. The van der Waals surface area contributed by atoms with Gasteiger partial charge >= 0.3 is 0 Å². The Balaban J connectivity index is 1.54. The summed E-state index contributed by atoms with van der Waals surface area (Å²) in [6.45, 7) is 6.27. The lowest BCUT2D eigenvalue weighted by atomic mass is 10.1. The minimum absolute atomic E-state index is 0.00937. The van der Waals surface area contributed by atoms with Crippen molar-refractivity contribution in [1.29, 1.82) is 0 Å². The van der Waals surface area contributed by atoms with Gasteiger partial charge in [-0.1, -0.05) is 0 Å². The van der Waals surface area contributed by atoms with Crippen LogP contribution in [0.25, 0.3) is 0 Å². The van der Waals surface area contributed by atoms with Crippen LogP contribution in [0.3, 0.4) is 0 Å². The van der Waals surface area contributed by atoms with Gasteiger partial charge in [0.25, 0.3) is 5.91 Å². The van der Waals surface area contributed by atoms with Gasteiger partial charge in [-0.05, 0) is 31.2 Å². The molecule has 7 heteroatoms. The summed E-state index contributed by atoms with van der Waals surface area (Å²) in [6, 6.07) is 7.17. The van der Waals surface area contributed by atoms with Gasteiger partial charge in [0, 0.05) is 44.0 Å². The molecule has 6 nitrogen and oxygen atoms in total. The van der Waals surface area contributed by atoms with Crippen molar-refractivity contribution in [2.45, 2.75) is 20.5 Å². The first kappa shape index (κ1) is 17.4. The maximum Gasteiger partial charge on any atom is 0.253 e. The Kier molecular flexibility index (Phi) is 5.33. The Morgan fingerprint density at radius 2 is 1.76 bits per heavy atom. The summed E-state index contributed by atoms with van der Waals surface area (Å²) in [4.78, 5) is 31.8. The maximum absolute atomic E-state index is 12.5. The number of rotatable bonds is 4. The minimum atomic E-state index is -0.00937. The van der Waals surface area contributed by atoms with E-state index >= 15 is 0 Å². The number of benzene rings is 1. The summed E-state index contributed by atoms with van der Waals surface area (Å²) in [5.41, 5.74) is 1.54. The van der Waals surface area contributed by atoms with Crippen molar-refractivity contribution in [2.24, 2.45) is 0 Å². The van der Waals surface area contributed by atoms with Gasteiger partial charge in [-0.15, -0.1) is 11.3 Å². The van der Waals surface area contributed by atoms with Crippen molar-refractivity contribution in [3.8, 4) is 5.75 Å². The zero-order valence-electron chi connectivity index (χ0n) is 14.4. The van der Waals surface area contributed by atoms with Crippen LogP contribution < -0.4 is 4.74 Å². The molecular formula is C18H21N3O3S. The predicted molar refractivity (Wildman–Crippen MR) is 95.8 cm³/mol. The molecule has 3 rings (SSSR count). The molecule has 2 heterocycles. The van der Waals surface area contributed by atoms with E-state index in [0.29, 0.717) is 44.1 Å². The van der Waals surface area contributed by atoms with Crippen LogP contribution in [0.1, 0.15) is 28.0 Å². The molecule has 0 saturated carbocycles. The summed E-state index contributed by atoms with van der Waals surface area (Å²) >= 11 is 1.60. The number of hydrogen-bond acceptors (Lipinski definition) is 5. The van der Waals surface area contributed by atoms with E-state index < -0.39 is 0 Å². The molecule has 0 bridgehead atoms. The van der Waals surface area contributed by atoms with Gasteiger partial charge in [-0.2, -0.15) is 0 Å². The highest BCUT2D eigenvalue weighted by atomic mass is 32.1. The number of carbonyl (C=O) groups excluding carboxylic acids is 2. The second-order valence-corrected chi connectivity index (χ2v) is 7.03. The van der Waals surface area contributed by atoms with Crippen LogP contribution in [0, 0.1) is 6.92 Å². The minimum Gasteiger partial charge on any atom is -0.487 e. The number of aryl methyl sites for hydroxylation is 1. The zero-order valence-corrected chi connectivity index (χ0v) is 15.2. The quantitative estimate of drug-likeness (QED) is 0.841. The number of amides is 2. The third-order valence-electron chi connectivity index (χ3n) is 4.17. The Bertz CT molecular complexity index is 749. The van der Waals surface area contributed by atoms with Gasteiger partial charge in [0.2, 0.25) is 5.91 Å². The Morgan fingerprint density at radius 3 is 2.32 bits per heavy atom. The maximum atomic E-state index is 12.5. The van der Waals surface area contributed by atoms with Gasteiger partial charge in [0.15, 0.2) is 0 Å². The van der Waals surface area contributed by atoms with Crippen LogP contribution in [-0.2, 0) is 11.4 Å². The monoisotopic (exact) mass is 359 g/mol. The Labute approximate surface area is 151 Å². The third-order valence-corrected chi connectivity index (χ3v) is 4.99. The van der Waals surface area contributed by atoms with Gasteiger partial charge in [-0.25, -0.2) is 4.98 Å². The smallest absolute Gasteiger partial charge is 0.253 e. The molecule has 0 radical (unpaired) electrons. The van der Waals surface area contributed by atoms with Crippen molar-refractivity contribution in [3.63, 3.8) is 0 Å². The largest absolute Gasteiger partial charge is 0.487 e. The SMILES string of the molecule is CC(=O)N1CCN(C(=O)c2ccc(OCc3csc(C)n3)cc2)CC1. The van der Waals surface area contributed by atoms with E-state index in [-0.39, 0.29) is 11.8 Å². The van der Waals surface area contributed by atoms with Crippen molar-refractivity contribution < 1.29 is 14.3 Å². The van der Waals surface area contributed by atoms with Crippen LogP contribution in [-0.4, -0.2) is 52.8 Å². The molecule has 1 aliphatic heterocycles. The average Bonchev–Trinajstić information content (AvgIpc) is 3.05. The molecule has 1 aliphatic rings. The van der Waals surface area contributed by atoms with Crippen molar-refractivity contribution in [3.05, 3.63) is 45.9 Å². The number of ether oxygens (including phenoxy) is 1. The van der Waals surface area contributed by atoms with E-state index in [2.05, 4.69) is 4.98 Å². The normalized spacial score (nSPS) is 14.5. The van der Waals surface area contributed by atoms with Crippen LogP contribution in [0.2, 0.25) is 0 Å². The Morgan fingerprint density at radius 1 is 1.12 bits per heavy atom. The number of hydrogen-bond donors (Lipinski definition) is 0. The molecule has 2 amide bonds. The van der Waals surface area contributed by atoms with Crippen molar-refractivity contribution in [2.75, 3.05) is 26.2 Å². The lowest BCUT2D eigenvalue weighted by molar-refractivity contribution is -0.130. The van der Waals surface area contributed by atoms with Crippen LogP contribution in [0.5, 0.6) is 5.75 Å². The number of carbonyl (C=O) groups is 2. The third kappa shape index (κ3) is 4.36. The lowest BCUT2D eigenvalue weighted by Gasteiger charge is -2.34. The molecular weight excluding hydrogens is 338 g/mol. The standard InChI is InChI=1S/C18H21N3O3S/c1-13-19-16(12-25-13)11-24-17-5-3-15(4-6-17)18(23)21-9-7-20(8-10-21)14(2)22/h3-6,12H,7-11H2,1-2H3. The van der Waals surface area contributed by atoms with E-state index in [1.807, 2.05) is 12.3 Å². The molecule has 25 heavy (non-hydrogen) atoms. The molecule has 1 saturated heterocycles. The molecule has 0 unspecified atom stereocenters. The molecule has 0 N–H and O–H groups in total. The van der Waals surface area contributed by atoms with E-state index in [4.69, 9.17) is 4.74 Å². The molecule has 2 aromatic rings. The van der Waals surface area contributed by atoms with Gasteiger partial charge in [0.05, 0.1) is 10.7 Å². The number of nitrogens with zero attached hydrogens (tertiary/aromatic N) is 3. The second-order valence-electron chi connectivity index (χ2n) is 5.97. The highest BCUT2D eigenvalue weighted by molar-refractivity contribution is 7.09. The number of thiazole rings is 1. The average molecular weight is 359 g/mol. The molecule has 0 atom stereocenters. The molecule has 1 aromatic carbocycles. The highest BCUT2D eigenvalue weighted by Gasteiger charge is 2.23. The van der Waals surface area contributed by atoms with E-state index in [1.54, 1.807) is 52.3 Å². The van der Waals surface area contributed by atoms with Crippen molar-refractivity contribution in [1.82, 2.24) is 14.8 Å². The van der Waals surface area contributed by atoms with Crippen LogP contribution in [0.15, 0.2) is 29.6 Å². The molecule has 0 spiro atoms.